The highest BCUT2D eigenvalue weighted by atomic mass is 32.1. The van der Waals surface area contributed by atoms with Crippen LogP contribution in [-0.2, 0) is 13.1 Å². The van der Waals surface area contributed by atoms with Crippen LogP contribution in [-0.4, -0.2) is 14.1 Å². The van der Waals surface area contributed by atoms with E-state index in [1.807, 2.05) is 43.6 Å². The predicted octanol–water partition coefficient (Wildman–Crippen LogP) is 4.13. The quantitative estimate of drug-likeness (QED) is 0.743. The molecule has 3 aromatic rings. The van der Waals surface area contributed by atoms with Gasteiger partial charge in [0.15, 0.2) is 0 Å². The van der Waals surface area contributed by atoms with E-state index in [4.69, 9.17) is 4.42 Å². The molecule has 4 heteroatoms. The second-order valence-electron chi connectivity index (χ2n) is 4.77. The first-order chi connectivity index (χ1) is 10.8. The lowest BCUT2D eigenvalue weighted by atomic mass is 10.2. The van der Waals surface area contributed by atoms with Crippen molar-refractivity contribution in [2.75, 3.05) is 14.1 Å². The first kappa shape index (κ1) is 16.5. The Kier molecular flexibility index (Phi) is 6.90. The third kappa shape index (κ3) is 5.15. The van der Waals surface area contributed by atoms with E-state index in [0.29, 0.717) is 0 Å². The topological polar surface area (TPSA) is 37.2 Å². The highest BCUT2D eigenvalue weighted by Gasteiger charge is 2.00. The van der Waals surface area contributed by atoms with Crippen LogP contribution in [0.2, 0.25) is 0 Å². The highest BCUT2D eigenvalue weighted by Crippen LogP contribution is 2.27. The third-order valence-corrected chi connectivity index (χ3v) is 4.14. The summed E-state index contributed by atoms with van der Waals surface area (Å²) in [6.07, 6.45) is 1.67. The van der Waals surface area contributed by atoms with Crippen LogP contribution in [0.5, 0.6) is 0 Å². The minimum Gasteiger partial charge on any atom is -0.468 e. The Morgan fingerprint density at radius 3 is 2.27 bits per heavy atom. The van der Waals surface area contributed by atoms with Crippen molar-refractivity contribution in [3.8, 4) is 10.4 Å². The maximum Gasteiger partial charge on any atom is 0.117 e. The largest absolute Gasteiger partial charge is 0.468 e. The molecule has 0 unspecified atom stereocenters. The average Bonchev–Trinajstić information content (AvgIpc) is 3.22. The van der Waals surface area contributed by atoms with Crippen LogP contribution < -0.4 is 10.6 Å². The Morgan fingerprint density at radius 1 is 0.864 bits per heavy atom. The lowest BCUT2D eigenvalue weighted by Gasteiger charge is -1.95. The Morgan fingerprint density at radius 2 is 1.64 bits per heavy atom. The molecule has 0 fully saturated rings. The molecule has 0 saturated carbocycles. The van der Waals surface area contributed by atoms with Crippen molar-refractivity contribution in [3.05, 3.63) is 71.5 Å². The van der Waals surface area contributed by atoms with E-state index in [2.05, 4.69) is 47.0 Å². The number of hydrogen-bond donors (Lipinski definition) is 2. The number of rotatable bonds is 5. The van der Waals surface area contributed by atoms with Gasteiger partial charge in [0.2, 0.25) is 0 Å². The van der Waals surface area contributed by atoms with Gasteiger partial charge in [-0.05, 0) is 43.9 Å². The van der Waals surface area contributed by atoms with Gasteiger partial charge in [-0.15, -0.1) is 11.3 Å². The third-order valence-electron chi connectivity index (χ3n) is 3.00. The molecule has 0 bridgehead atoms. The van der Waals surface area contributed by atoms with Crippen LogP contribution in [0.1, 0.15) is 10.6 Å². The molecule has 0 aliphatic rings. The standard InChI is InChI=1S/C12H13NS.C6H9NO/c1-13-9-11-7-8-12(14-11)10-5-3-2-4-6-10;1-7-5-6-3-2-4-8-6/h2-8,13H,9H2,1H3;2-4,7H,5H2,1H3. The lowest BCUT2D eigenvalue weighted by molar-refractivity contribution is 0.495. The van der Waals surface area contributed by atoms with Crippen molar-refractivity contribution in [2.24, 2.45) is 0 Å². The lowest BCUT2D eigenvalue weighted by Crippen LogP contribution is -2.03. The average molecular weight is 314 g/mol. The zero-order valence-electron chi connectivity index (χ0n) is 13.0. The summed E-state index contributed by atoms with van der Waals surface area (Å²) in [4.78, 5) is 2.72. The SMILES string of the molecule is CNCc1ccc(-c2ccccc2)s1.CNCc1ccco1. The highest BCUT2D eigenvalue weighted by molar-refractivity contribution is 7.15. The Hall–Kier alpha value is -1.88. The van der Waals surface area contributed by atoms with E-state index < -0.39 is 0 Å². The second-order valence-corrected chi connectivity index (χ2v) is 5.94. The zero-order chi connectivity index (χ0) is 15.6. The maximum atomic E-state index is 5.01. The molecular weight excluding hydrogens is 292 g/mol. The fraction of sp³-hybridized carbons (Fsp3) is 0.222. The van der Waals surface area contributed by atoms with Crippen molar-refractivity contribution in [1.82, 2.24) is 10.6 Å². The molecule has 22 heavy (non-hydrogen) atoms. The summed E-state index contributed by atoms with van der Waals surface area (Å²) in [6.45, 7) is 1.77. The van der Waals surface area contributed by atoms with Crippen LogP contribution in [0.15, 0.2) is 65.3 Å². The van der Waals surface area contributed by atoms with Crippen molar-refractivity contribution >= 4 is 11.3 Å². The van der Waals surface area contributed by atoms with E-state index >= 15 is 0 Å². The summed E-state index contributed by atoms with van der Waals surface area (Å²) in [5.74, 6) is 0.979. The summed E-state index contributed by atoms with van der Waals surface area (Å²) >= 11 is 1.85. The molecule has 0 amide bonds. The predicted molar refractivity (Wildman–Crippen MR) is 94.0 cm³/mol. The fourth-order valence-electron chi connectivity index (χ4n) is 1.99. The molecule has 2 aromatic heterocycles. The van der Waals surface area contributed by atoms with E-state index in [0.717, 1.165) is 18.8 Å². The minimum absolute atomic E-state index is 0.812. The maximum absolute atomic E-state index is 5.01. The van der Waals surface area contributed by atoms with Gasteiger partial charge in [-0.3, -0.25) is 0 Å². The van der Waals surface area contributed by atoms with Gasteiger partial charge >= 0.3 is 0 Å². The van der Waals surface area contributed by atoms with Crippen molar-refractivity contribution in [3.63, 3.8) is 0 Å². The molecule has 0 spiro atoms. The number of benzene rings is 1. The smallest absolute Gasteiger partial charge is 0.117 e. The summed E-state index contributed by atoms with van der Waals surface area (Å²) in [7, 11) is 3.87. The Labute approximate surface area is 136 Å². The van der Waals surface area contributed by atoms with Gasteiger partial charge in [0.1, 0.15) is 5.76 Å². The number of hydrogen-bond acceptors (Lipinski definition) is 4. The Balaban J connectivity index is 0.000000188. The van der Waals surface area contributed by atoms with E-state index in [9.17, 15) is 0 Å². The molecular formula is C18H22N2OS. The van der Waals surface area contributed by atoms with Gasteiger partial charge in [0, 0.05) is 16.3 Å². The van der Waals surface area contributed by atoms with Crippen LogP contribution in [0.3, 0.4) is 0 Å². The van der Waals surface area contributed by atoms with Crippen LogP contribution in [0.25, 0.3) is 10.4 Å². The monoisotopic (exact) mass is 314 g/mol. The molecule has 0 radical (unpaired) electrons. The summed E-state index contributed by atoms with van der Waals surface area (Å²) in [6, 6.07) is 18.7. The molecule has 0 atom stereocenters. The molecule has 0 aliphatic carbocycles. The minimum atomic E-state index is 0.812. The van der Waals surface area contributed by atoms with Crippen molar-refractivity contribution in [1.29, 1.82) is 0 Å². The van der Waals surface area contributed by atoms with E-state index in [-0.39, 0.29) is 0 Å². The summed E-state index contributed by atoms with van der Waals surface area (Å²) in [5, 5.41) is 6.14. The summed E-state index contributed by atoms with van der Waals surface area (Å²) < 4.78 is 5.01. The van der Waals surface area contributed by atoms with Crippen molar-refractivity contribution < 1.29 is 4.42 Å². The van der Waals surface area contributed by atoms with Gasteiger partial charge in [0.25, 0.3) is 0 Å². The number of nitrogens with one attached hydrogen (secondary N) is 2. The second kappa shape index (κ2) is 9.20. The molecule has 116 valence electrons. The molecule has 0 aliphatic heterocycles. The normalized spacial score (nSPS) is 10.1. The number of furan rings is 1. The first-order valence-electron chi connectivity index (χ1n) is 7.29. The van der Waals surface area contributed by atoms with Gasteiger partial charge in [0.05, 0.1) is 12.8 Å². The van der Waals surface area contributed by atoms with Crippen LogP contribution in [0, 0.1) is 0 Å². The van der Waals surface area contributed by atoms with E-state index in [1.54, 1.807) is 6.26 Å². The molecule has 3 nitrogen and oxygen atoms in total. The molecule has 3 rings (SSSR count). The van der Waals surface area contributed by atoms with Gasteiger partial charge in [-0.1, -0.05) is 30.3 Å². The van der Waals surface area contributed by atoms with Crippen LogP contribution in [0.4, 0.5) is 0 Å². The summed E-state index contributed by atoms with van der Waals surface area (Å²) in [5.41, 5.74) is 1.31. The van der Waals surface area contributed by atoms with E-state index in [1.165, 1.54) is 15.3 Å². The molecule has 2 N–H and O–H groups in total. The van der Waals surface area contributed by atoms with Gasteiger partial charge < -0.3 is 15.1 Å². The number of thiophene rings is 1. The zero-order valence-corrected chi connectivity index (χ0v) is 13.8. The van der Waals surface area contributed by atoms with Gasteiger partial charge in [-0.2, -0.15) is 0 Å². The first-order valence-corrected chi connectivity index (χ1v) is 8.11. The molecule has 2 heterocycles. The fourth-order valence-corrected chi connectivity index (χ4v) is 3.02. The molecule has 1 aromatic carbocycles. The van der Waals surface area contributed by atoms with Gasteiger partial charge in [-0.25, -0.2) is 0 Å². The van der Waals surface area contributed by atoms with Crippen molar-refractivity contribution in [2.45, 2.75) is 13.1 Å². The Bertz CT molecular complexity index is 632. The molecule has 0 saturated heterocycles. The van der Waals surface area contributed by atoms with Crippen LogP contribution >= 0.6 is 11.3 Å².